The van der Waals surface area contributed by atoms with E-state index in [2.05, 4.69) is 13.8 Å². The standard InChI is InChI=1S/C11H21OS.CHF3O3S/c1-4-10(12)8-13-7-5-6-11(2,3)9-13;2-1(3,4)8(5,6)7/h4-9H2,1-3H3;(H,5,6,7)/q+1;/p-1. The zero-order valence-electron chi connectivity index (χ0n) is 12.3. The van der Waals surface area contributed by atoms with Gasteiger partial charge in [0, 0.05) is 11.8 Å². The first-order valence-corrected chi connectivity index (χ1v) is 9.60. The Morgan fingerprint density at radius 2 is 1.81 bits per heavy atom. The Labute approximate surface area is 126 Å². The van der Waals surface area contributed by atoms with E-state index in [4.69, 9.17) is 13.0 Å². The fourth-order valence-electron chi connectivity index (χ4n) is 1.90. The number of carbonyl (C=O) groups is 1. The largest absolute Gasteiger partial charge is 0.741 e. The molecule has 0 amide bonds. The number of rotatable bonds is 3. The first kappa shape index (κ1) is 20.7. The molecule has 126 valence electrons. The zero-order chi connectivity index (χ0) is 16.9. The summed E-state index contributed by atoms with van der Waals surface area (Å²) in [6.45, 7) is 6.64. The van der Waals surface area contributed by atoms with Gasteiger partial charge in [-0.25, -0.2) is 8.42 Å². The van der Waals surface area contributed by atoms with Crippen LogP contribution >= 0.6 is 0 Å². The van der Waals surface area contributed by atoms with Crippen LogP contribution in [0.3, 0.4) is 0 Å². The van der Waals surface area contributed by atoms with E-state index in [0.717, 1.165) is 12.2 Å². The number of hydrogen-bond donors (Lipinski definition) is 0. The van der Waals surface area contributed by atoms with Crippen LogP contribution < -0.4 is 0 Å². The maximum Gasteiger partial charge on any atom is 0.485 e. The lowest BCUT2D eigenvalue weighted by atomic mass is 9.90. The van der Waals surface area contributed by atoms with Crippen molar-refractivity contribution in [3.05, 3.63) is 0 Å². The van der Waals surface area contributed by atoms with Crippen molar-refractivity contribution in [1.29, 1.82) is 0 Å². The molecular formula is C12H21F3O4S2. The first-order valence-electron chi connectivity index (χ1n) is 6.46. The Hall–Kier alpha value is -0.280. The minimum absolute atomic E-state index is 0.406. The zero-order valence-corrected chi connectivity index (χ0v) is 14.0. The summed E-state index contributed by atoms with van der Waals surface area (Å²) in [5.74, 6) is 3.90. The minimum Gasteiger partial charge on any atom is -0.741 e. The topological polar surface area (TPSA) is 74.3 Å². The molecule has 0 N–H and O–H groups in total. The molecule has 0 radical (unpaired) electrons. The molecule has 0 aromatic rings. The molecule has 0 aromatic heterocycles. The molecular weight excluding hydrogens is 329 g/mol. The van der Waals surface area contributed by atoms with Crippen LogP contribution in [-0.2, 0) is 25.8 Å². The smallest absolute Gasteiger partial charge is 0.485 e. The highest BCUT2D eigenvalue weighted by atomic mass is 32.2. The summed E-state index contributed by atoms with van der Waals surface area (Å²) in [7, 11) is -5.68. The summed E-state index contributed by atoms with van der Waals surface area (Å²) in [6.07, 6.45) is 3.40. The minimum atomic E-state index is -6.09. The third kappa shape index (κ3) is 8.67. The molecule has 1 rings (SSSR count). The Morgan fingerprint density at radius 3 is 2.14 bits per heavy atom. The van der Waals surface area contributed by atoms with E-state index in [0.29, 0.717) is 22.1 Å². The van der Waals surface area contributed by atoms with E-state index < -0.39 is 15.6 Å². The Morgan fingerprint density at radius 1 is 1.33 bits per heavy atom. The van der Waals surface area contributed by atoms with Crippen molar-refractivity contribution in [1.82, 2.24) is 0 Å². The van der Waals surface area contributed by atoms with Crippen LogP contribution in [0.2, 0.25) is 0 Å². The lowest BCUT2D eigenvalue weighted by Gasteiger charge is -2.28. The van der Waals surface area contributed by atoms with Gasteiger partial charge in [-0.05, 0) is 23.7 Å². The third-order valence-corrected chi connectivity index (χ3v) is 6.28. The second-order valence-electron chi connectivity index (χ2n) is 5.67. The molecule has 1 heterocycles. The van der Waals surface area contributed by atoms with Crippen molar-refractivity contribution in [2.24, 2.45) is 5.41 Å². The Bertz CT molecular complexity index is 444. The summed E-state index contributed by atoms with van der Waals surface area (Å²) in [5.41, 5.74) is -5.15. The van der Waals surface area contributed by atoms with E-state index in [1.165, 1.54) is 24.3 Å². The maximum absolute atomic E-state index is 11.3. The maximum atomic E-state index is 11.3. The average molecular weight is 350 g/mol. The van der Waals surface area contributed by atoms with Crippen LogP contribution in [0.4, 0.5) is 13.2 Å². The first-order chi connectivity index (χ1) is 9.28. The number of hydrogen-bond acceptors (Lipinski definition) is 4. The van der Waals surface area contributed by atoms with Crippen molar-refractivity contribution < 1.29 is 30.9 Å². The van der Waals surface area contributed by atoms with Crippen LogP contribution in [0.1, 0.15) is 40.0 Å². The highest BCUT2D eigenvalue weighted by Crippen LogP contribution is 2.31. The fraction of sp³-hybridized carbons (Fsp3) is 0.917. The van der Waals surface area contributed by atoms with Gasteiger partial charge in [0.15, 0.2) is 21.7 Å². The molecule has 0 spiro atoms. The van der Waals surface area contributed by atoms with Gasteiger partial charge in [0.2, 0.25) is 0 Å². The number of Topliss-reactive ketones (excluding diaryl/α,β-unsaturated/α-hetero) is 1. The van der Waals surface area contributed by atoms with Crippen LogP contribution in [0.15, 0.2) is 0 Å². The van der Waals surface area contributed by atoms with Gasteiger partial charge in [-0.3, -0.25) is 4.79 Å². The predicted octanol–water partition coefficient (Wildman–Crippen LogP) is 2.46. The number of halogens is 3. The molecule has 21 heavy (non-hydrogen) atoms. The number of ketones is 1. The lowest BCUT2D eigenvalue weighted by molar-refractivity contribution is -0.116. The molecule has 0 aliphatic carbocycles. The molecule has 4 nitrogen and oxygen atoms in total. The van der Waals surface area contributed by atoms with Gasteiger partial charge in [-0.1, -0.05) is 20.8 Å². The number of alkyl halides is 3. The Balaban J connectivity index is 0.000000433. The van der Waals surface area contributed by atoms with Crippen molar-refractivity contribution in [3.63, 3.8) is 0 Å². The molecule has 0 aromatic carbocycles. The number of carbonyl (C=O) groups excluding carboxylic acids is 1. The highest BCUT2D eigenvalue weighted by molar-refractivity contribution is 7.97. The third-order valence-electron chi connectivity index (χ3n) is 2.92. The lowest BCUT2D eigenvalue weighted by Crippen LogP contribution is -2.35. The van der Waals surface area contributed by atoms with Crippen LogP contribution in [-0.4, -0.2) is 41.5 Å². The van der Waals surface area contributed by atoms with Gasteiger partial charge in [-0.15, -0.1) is 0 Å². The van der Waals surface area contributed by atoms with E-state index in [9.17, 15) is 18.0 Å². The average Bonchev–Trinajstić information content (AvgIpc) is 2.25. The quantitative estimate of drug-likeness (QED) is 0.445. The van der Waals surface area contributed by atoms with E-state index in [1.54, 1.807) is 0 Å². The SMILES string of the molecule is CCC(=O)C[S+]1CCCC(C)(C)C1.O=S(=O)([O-])C(F)(F)F. The molecule has 1 aliphatic rings. The van der Waals surface area contributed by atoms with Crippen molar-refractivity contribution in [2.75, 3.05) is 17.3 Å². The predicted molar refractivity (Wildman–Crippen MR) is 76.0 cm³/mol. The molecule has 1 fully saturated rings. The van der Waals surface area contributed by atoms with Gasteiger partial charge >= 0.3 is 5.51 Å². The van der Waals surface area contributed by atoms with E-state index in [1.807, 2.05) is 6.92 Å². The summed E-state index contributed by atoms with van der Waals surface area (Å²) in [6, 6.07) is 0. The molecule has 0 saturated carbocycles. The van der Waals surface area contributed by atoms with Crippen LogP contribution in [0.25, 0.3) is 0 Å². The van der Waals surface area contributed by atoms with E-state index >= 15 is 0 Å². The molecule has 9 heteroatoms. The second-order valence-corrected chi connectivity index (χ2v) is 9.25. The summed E-state index contributed by atoms with van der Waals surface area (Å²) in [4.78, 5) is 11.3. The second kappa shape index (κ2) is 7.82. The molecule has 1 unspecified atom stereocenters. The summed E-state index contributed by atoms with van der Waals surface area (Å²) >= 11 is 0. The normalized spacial score (nSPS) is 22.1. The Kier molecular flexibility index (Phi) is 7.72. The fourth-order valence-corrected chi connectivity index (χ4v) is 4.76. The van der Waals surface area contributed by atoms with E-state index in [-0.39, 0.29) is 0 Å². The van der Waals surface area contributed by atoms with Gasteiger partial charge < -0.3 is 4.55 Å². The monoisotopic (exact) mass is 350 g/mol. The summed E-state index contributed by atoms with van der Waals surface area (Å²) < 4.78 is 58.9. The molecule has 1 aliphatic heterocycles. The van der Waals surface area contributed by atoms with Crippen molar-refractivity contribution >= 4 is 26.8 Å². The van der Waals surface area contributed by atoms with Crippen molar-refractivity contribution in [2.45, 2.75) is 45.5 Å². The van der Waals surface area contributed by atoms with Crippen LogP contribution in [0, 0.1) is 5.41 Å². The van der Waals surface area contributed by atoms with Gasteiger partial charge in [0.25, 0.3) is 0 Å². The van der Waals surface area contributed by atoms with Gasteiger partial charge in [0.1, 0.15) is 11.5 Å². The summed E-state index contributed by atoms with van der Waals surface area (Å²) in [5, 5.41) is 0. The molecule has 1 atom stereocenters. The van der Waals surface area contributed by atoms with Gasteiger partial charge in [0.05, 0.1) is 0 Å². The molecule has 1 saturated heterocycles. The van der Waals surface area contributed by atoms with Crippen LogP contribution in [0.5, 0.6) is 0 Å². The van der Waals surface area contributed by atoms with Crippen molar-refractivity contribution in [3.8, 4) is 0 Å². The highest BCUT2D eigenvalue weighted by Gasteiger charge is 2.37. The van der Waals surface area contributed by atoms with Gasteiger partial charge in [-0.2, -0.15) is 13.2 Å². The molecule has 0 bridgehead atoms.